The van der Waals surface area contributed by atoms with Gasteiger partial charge in [-0.1, -0.05) is 6.42 Å². The molecule has 0 unspecified atom stereocenters. The molecule has 9 heteroatoms. The van der Waals surface area contributed by atoms with Crippen molar-refractivity contribution < 1.29 is 9.66 Å². The van der Waals surface area contributed by atoms with E-state index >= 15 is 0 Å². The minimum atomic E-state index is -0.458. The number of aromatic nitrogens is 2. The van der Waals surface area contributed by atoms with Crippen LogP contribution in [0.2, 0.25) is 0 Å². The molecule has 1 aromatic heterocycles. The van der Waals surface area contributed by atoms with Crippen LogP contribution in [0.15, 0.2) is 30.6 Å². The van der Waals surface area contributed by atoms with Gasteiger partial charge in [-0.2, -0.15) is 0 Å². The number of nitrogens with one attached hydrogen (secondary N) is 2. The summed E-state index contributed by atoms with van der Waals surface area (Å²) in [6, 6.07) is 7.19. The van der Waals surface area contributed by atoms with Gasteiger partial charge in [0.05, 0.1) is 11.5 Å². The van der Waals surface area contributed by atoms with E-state index in [4.69, 9.17) is 4.74 Å². The number of rotatable bonds is 9. The summed E-state index contributed by atoms with van der Waals surface area (Å²) in [6.45, 7) is 6.09. The SMILES string of the molecule is CCOc1ccc(Nc2ncnc(NCCN3CCCCC3)c2[N+](=O)[O-])cc1. The van der Waals surface area contributed by atoms with Crippen LogP contribution in [0.5, 0.6) is 5.75 Å². The summed E-state index contributed by atoms with van der Waals surface area (Å²) in [7, 11) is 0. The molecule has 0 radical (unpaired) electrons. The highest BCUT2D eigenvalue weighted by molar-refractivity contribution is 5.73. The van der Waals surface area contributed by atoms with E-state index in [1.807, 2.05) is 6.92 Å². The van der Waals surface area contributed by atoms with Crippen LogP contribution in [0.1, 0.15) is 26.2 Å². The third kappa shape index (κ3) is 5.29. The van der Waals surface area contributed by atoms with Crippen LogP contribution in [0, 0.1) is 10.1 Å². The van der Waals surface area contributed by atoms with E-state index in [9.17, 15) is 10.1 Å². The summed E-state index contributed by atoms with van der Waals surface area (Å²) < 4.78 is 5.41. The number of nitro groups is 1. The van der Waals surface area contributed by atoms with Gasteiger partial charge in [-0.3, -0.25) is 10.1 Å². The molecule has 0 saturated carbocycles. The molecule has 1 aliphatic rings. The predicted molar refractivity (Wildman–Crippen MR) is 108 cm³/mol. The Kier molecular flexibility index (Phi) is 6.96. The maximum Gasteiger partial charge on any atom is 0.353 e. The van der Waals surface area contributed by atoms with Gasteiger partial charge >= 0.3 is 5.69 Å². The molecule has 1 saturated heterocycles. The van der Waals surface area contributed by atoms with Gasteiger partial charge in [0.1, 0.15) is 12.1 Å². The van der Waals surface area contributed by atoms with Crippen molar-refractivity contribution in [2.24, 2.45) is 0 Å². The second-order valence-corrected chi connectivity index (χ2v) is 6.59. The number of nitrogens with zero attached hydrogens (tertiary/aromatic N) is 4. The summed E-state index contributed by atoms with van der Waals surface area (Å²) in [5.41, 5.74) is 0.527. The van der Waals surface area contributed by atoms with Gasteiger partial charge in [-0.25, -0.2) is 9.97 Å². The van der Waals surface area contributed by atoms with Crippen molar-refractivity contribution >= 4 is 23.0 Å². The van der Waals surface area contributed by atoms with Crippen LogP contribution in [-0.4, -0.2) is 52.6 Å². The quantitative estimate of drug-likeness (QED) is 0.499. The molecule has 1 aromatic carbocycles. The molecule has 9 nitrogen and oxygen atoms in total. The topological polar surface area (TPSA) is 105 Å². The smallest absolute Gasteiger partial charge is 0.353 e. The number of benzene rings is 1. The largest absolute Gasteiger partial charge is 0.494 e. The molecule has 0 bridgehead atoms. The van der Waals surface area contributed by atoms with Crippen molar-refractivity contribution in [3.8, 4) is 5.75 Å². The zero-order valence-corrected chi connectivity index (χ0v) is 16.1. The van der Waals surface area contributed by atoms with Crippen LogP contribution < -0.4 is 15.4 Å². The molecule has 2 N–H and O–H groups in total. The Morgan fingerprint density at radius 1 is 1.14 bits per heavy atom. The number of anilines is 3. The Bertz CT molecular complexity index is 778. The third-order valence-corrected chi connectivity index (χ3v) is 4.60. The summed E-state index contributed by atoms with van der Waals surface area (Å²) in [6.07, 6.45) is 5.03. The number of hydrogen-bond donors (Lipinski definition) is 2. The zero-order valence-electron chi connectivity index (χ0n) is 16.1. The number of piperidine rings is 1. The van der Waals surface area contributed by atoms with Crippen molar-refractivity contribution in [1.29, 1.82) is 0 Å². The third-order valence-electron chi connectivity index (χ3n) is 4.60. The fourth-order valence-electron chi connectivity index (χ4n) is 3.23. The van der Waals surface area contributed by atoms with E-state index in [1.54, 1.807) is 24.3 Å². The summed E-state index contributed by atoms with van der Waals surface area (Å²) >= 11 is 0. The summed E-state index contributed by atoms with van der Waals surface area (Å²) in [5.74, 6) is 1.13. The minimum absolute atomic E-state index is 0.157. The number of hydrogen-bond acceptors (Lipinski definition) is 8. The van der Waals surface area contributed by atoms with Crippen LogP contribution in [0.3, 0.4) is 0 Å². The van der Waals surface area contributed by atoms with E-state index in [0.29, 0.717) is 18.8 Å². The molecule has 0 aliphatic carbocycles. The van der Waals surface area contributed by atoms with Crippen molar-refractivity contribution in [2.75, 3.05) is 43.4 Å². The Labute approximate surface area is 164 Å². The first-order valence-electron chi connectivity index (χ1n) is 9.63. The molecular weight excluding hydrogens is 360 g/mol. The normalized spacial score (nSPS) is 14.5. The first kappa shape index (κ1) is 19.8. The fourth-order valence-corrected chi connectivity index (χ4v) is 3.23. The lowest BCUT2D eigenvalue weighted by molar-refractivity contribution is -0.383. The first-order valence-corrected chi connectivity index (χ1v) is 9.63. The second kappa shape index (κ2) is 9.84. The molecule has 28 heavy (non-hydrogen) atoms. The van der Waals surface area contributed by atoms with Crippen LogP contribution >= 0.6 is 0 Å². The van der Waals surface area contributed by atoms with Crippen molar-refractivity contribution in [3.63, 3.8) is 0 Å². The highest BCUT2D eigenvalue weighted by Gasteiger charge is 2.23. The van der Waals surface area contributed by atoms with E-state index in [2.05, 4.69) is 25.5 Å². The Hall–Kier alpha value is -2.94. The van der Waals surface area contributed by atoms with Gasteiger partial charge in [0.25, 0.3) is 0 Å². The first-order chi connectivity index (χ1) is 13.7. The molecule has 1 fully saturated rings. The predicted octanol–water partition coefficient (Wildman–Crippen LogP) is 3.42. The average molecular weight is 386 g/mol. The van der Waals surface area contributed by atoms with Crippen molar-refractivity contribution in [1.82, 2.24) is 14.9 Å². The lowest BCUT2D eigenvalue weighted by atomic mass is 10.1. The van der Waals surface area contributed by atoms with Crippen LogP contribution in [-0.2, 0) is 0 Å². The monoisotopic (exact) mass is 386 g/mol. The van der Waals surface area contributed by atoms with E-state index in [0.717, 1.165) is 25.4 Å². The molecule has 1 aliphatic heterocycles. The standard InChI is InChI=1S/C19H26N6O3/c1-2-28-16-8-6-15(7-9-16)23-19-17(25(26)27)18(21-14-22-19)20-10-13-24-11-4-3-5-12-24/h6-9,14H,2-5,10-13H2,1H3,(H2,20,21,22,23). The Balaban J connectivity index is 1.68. The maximum atomic E-state index is 11.7. The Morgan fingerprint density at radius 2 is 1.86 bits per heavy atom. The van der Waals surface area contributed by atoms with Gasteiger partial charge in [0.15, 0.2) is 0 Å². The average Bonchev–Trinajstić information content (AvgIpc) is 2.70. The van der Waals surface area contributed by atoms with E-state index in [1.165, 1.54) is 25.6 Å². The van der Waals surface area contributed by atoms with Crippen LogP contribution in [0.25, 0.3) is 0 Å². The summed E-state index contributed by atoms with van der Waals surface area (Å²) in [4.78, 5) is 21.7. The van der Waals surface area contributed by atoms with E-state index < -0.39 is 4.92 Å². The second-order valence-electron chi connectivity index (χ2n) is 6.59. The highest BCUT2D eigenvalue weighted by atomic mass is 16.6. The summed E-state index contributed by atoms with van der Waals surface area (Å²) in [5, 5.41) is 17.8. The number of likely N-dealkylation sites (tertiary alicyclic amines) is 1. The number of ether oxygens (including phenoxy) is 1. The molecule has 150 valence electrons. The molecule has 3 rings (SSSR count). The van der Waals surface area contributed by atoms with Gasteiger partial charge in [-0.15, -0.1) is 0 Å². The maximum absolute atomic E-state index is 11.7. The minimum Gasteiger partial charge on any atom is -0.494 e. The highest BCUT2D eigenvalue weighted by Crippen LogP contribution is 2.31. The lowest BCUT2D eigenvalue weighted by Crippen LogP contribution is -2.33. The fraction of sp³-hybridized carbons (Fsp3) is 0.474. The lowest BCUT2D eigenvalue weighted by Gasteiger charge is -2.26. The molecule has 0 amide bonds. The van der Waals surface area contributed by atoms with Crippen LogP contribution in [0.4, 0.5) is 23.0 Å². The molecule has 0 spiro atoms. The Morgan fingerprint density at radius 3 is 2.54 bits per heavy atom. The molecule has 2 heterocycles. The zero-order chi connectivity index (χ0) is 19.8. The van der Waals surface area contributed by atoms with Crippen molar-refractivity contribution in [2.45, 2.75) is 26.2 Å². The van der Waals surface area contributed by atoms with Gasteiger partial charge in [-0.05, 0) is 57.1 Å². The molecular formula is C19H26N6O3. The molecule has 0 atom stereocenters. The van der Waals surface area contributed by atoms with E-state index in [-0.39, 0.29) is 17.3 Å². The molecule has 2 aromatic rings. The van der Waals surface area contributed by atoms with Gasteiger partial charge in [0.2, 0.25) is 11.6 Å². The van der Waals surface area contributed by atoms with Crippen molar-refractivity contribution in [3.05, 3.63) is 40.7 Å². The van der Waals surface area contributed by atoms with Gasteiger partial charge < -0.3 is 20.3 Å². The van der Waals surface area contributed by atoms with Gasteiger partial charge in [0, 0.05) is 18.8 Å².